The third-order valence-corrected chi connectivity index (χ3v) is 2.41. The van der Waals surface area contributed by atoms with Crippen molar-refractivity contribution in [2.45, 2.75) is 12.8 Å². The quantitative estimate of drug-likeness (QED) is 0.422. The molecule has 2 rings (SSSR count). The molecule has 0 unspecified atom stereocenters. The zero-order chi connectivity index (χ0) is 9.59. The first kappa shape index (κ1) is 7.91. The predicted molar refractivity (Wildman–Crippen MR) is 44.7 cm³/mol. The zero-order valence-corrected chi connectivity index (χ0v) is 6.76. The first-order valence-electron chi connectivity index (χ1n) is 3.91. The molecule has 0 aromatic heterocycles. The van der Waals surface area contributed by atoms with Gasteiger partial charge in [-0.2, -0.15) is 0 Å². The van der Waals surface area contributed by atoms with E-state index in [9.17, 15) is 9.59 Å². The Morgan fingerprint density at radius 2 is 1.69 bits per heavy atom. The molecule has 0 aliphatic heterocycles. The Kier molecular flexibility index (Phi) is 1.45. The van der Waals surface area contributed by atoms with Crippen LogP contribution in [-0.2, 0) is 9.59 Å². The Hall–Kier alpha value is -1.71. The molecule has 0 aromatic rings. The van der Waals surface area contributed by atoms with Crippen LogP contribution < -0.4 is 0 Å². The normalized spacial score (nSPS) is 24.9. The van der Waals surface area contributed by atoms with Gasteiger partial charge in [-0.1, -0.05) is 0 Å². The first-order valence-corrected chi connectivity index (χ1v) is 3.91. The van der Waals surface area contributed by atoms with Gasteiger partial charge in [0.05, 0.1) is 11.8 Å². The minimum atomic E-state index is -0.416. The fraction of sp³-hybridized carbons (Fsp3) is 0.222. The molecule has 0 bridgehead atoms. The second-order valence-electron chi connectivity index (χ2n) is 3.03. The molecule has 0 heterocycles. The molecule has 2 N–H and O–H groups in total. The van der Waals surface area contributed by atoms with Gasteiger partial charge in [0.2, 0.25) is 5.78 Å². The molecule has 0 fully saturated rings. The highest BCUT2D eigenvalue weighted by Gasteiger charge is 2.39. The molecule has 13 heavy (non-hydrogen) atoms. The largest absolute Gasteiger partial charge is 0.515 e. The highest BCUT2D eigenvalue weighted by Crippen LogP contribution is 2.35. The molecule has 0 radical (unpaired) electrons. The van der Waals surface area contributed by atoms with Crippen molar-refractivity contribution in [1.82, 2.24) is 0 Å². The van der Waals surface area contributed by atoms with Crippen LogP contribution in [0, 0.1) is 5.41 Å². The molecule has 4 heteroatoms. The van der Waals surface area contributed by atoms with Crippen molar-refractivity contribution in [3.8, 4) is 0 Å². The predicted octanol–water partition coefficient (Wildman–Crippen LogP) is 0.690. The smallest absolute Gasteiger partial charge is 0.207 e. The molecule has 0 saturated carbocycles. The summed E-state index contributed by atoms with van der Waals surface area (Å²) in [5, 5.41) is 16.0. The topological polar surface area (TPSA) is 78.2 Å². The van der Waals surface area contributed by atoms with E-state index in [1.807, 2.05) is 0 Å². The maximum absolute atomic E-state index is 11.4. The lowest BCUT2D eigenvalue weighted by atomic mass is 9.74. The van der Waals surface area contributed by atoms with Crippen LogP contribution in [0.15, 0.2) is 23.0 Å². The molecular weight excluding hydrogens is 170 g/mol. The number of rotatable bonds is 0. The summed E-state index contributed by atoms with van der Waals surface area (Å²) in [7, 11) is 0. The van der Waals surface area contributed by atoms with Crippen LogP contribution in [0.5, 0.6) is 0 Å². The van der Waals surface area contributed by atoms with E-state index in [4.69, 9.17) is 10.5 Å². The van der Waals surface area contributed by atoms with Crippen molar-refractivity contribution in [1.29, 1.82) is 5.41 Å². The third-order valence-electron chi connectivity index (χ3n) is 2.41. The van der Waals surface area contributed by atoms with Gasteiger partial charge in [-0.25, -0.2) is 0 Å². The summed E-state index contributed by atoms with van der Waals surface area (Å²) in [5.74, 6) is -0.783. The van der Waals surface area contributed by atoms with Crippen LogP contribution in [0.3, 0.4) is 0 Å². The fourth-order valence-corrected chi connectivity index (χ4v) is 1.55. The van der Waals surface area contributed by atoms with Crippen molar-refractivity contribution in [3.63, 3.8) is 0 Å². The Bertz CT molecular complexity index is 391. The summed E-state index contributed by atoms with van der Waals surface area (Å²) in [6.45, 7) is 0. The molecule has 66 valence electrons. The number of hydrogen-bond donors (Lipinski definition) is 2. The molecule has 0 atom stereocenters. The molecule has 0 saturated heterocycles. The minimum Gasteiger partial charge on any atom is -0.515 e. The van der Waals surface area contributed by atoms with E-state index in [2.05, 4.69) is 0 Å². The van der Waals surface area contributed by atoms with Crippen molar-refractivity contribution in [2.24, 2.45) is 0 Å². The number of Topliss-reactive ketones (excluding diaryl/α,β-unsaturated/α-hetero) is 2. The number of carbonyl (C=O) groups is 2. The zero-order valence-electron chi connectivity index (χ0n) is 6.76. The van der Waals surface area contributed by atoms with Gasteiger partial charge in [0.1, 0.15) is 5.71 Å². The lowest BCUT2D eigenvalue weighted by Gasteiger charge is -2.26. The second kappa shape index (κ2) is 2.39. The van der Waals surface area contributed by atoms with Crippen LogP contribution in [0.4, 0.5) is 0 Å². The Labute approximate surface area is 74.1 Å². The minimum absolute atomic E-state index is 0.177. The molecule has 0 aromatic carbocycles. The standard InChI is InChI=1S/C9H7NO3/c10-7-6(3-11)8(12)4-1-2-5(4)9(7)13/h3,10-11H,1-2H2/b6-3+,10-7?. The van der Waals surface area contributed by atoms with Crippen molar-refractivity contribution in [2.75, 3.05) is 0 Å². The van der Waals surface area contributed by atoms with E-state index >= 15 is 0 Å². The van der Waals surface area contributed by atoms with Crippen LogP contribution in [0.1, 0.15) is 12.8 Å². The molecule has 0 amide bonds. The number of aliphatic hydroxyl groups is 1. The summed E-state index contributed by atoms with van der Waals surface area (Å²) < 4.78 is 0. The first-order chi connectivity index (χ1) is 6.16. The van der Waals surface area contributed by atoms with E-state index < -0.39 is 5.78 Å². The van der Waals surface area contributed by atoms with Gasteiger partial charge in [-0.05, 0) is 12.8 Å². The van der Waals surface area contributed by atoms with E-state index in [1.165, 1.54) is 0 Å². The number of aliphatic hydroxyl groups excluding tert-OH is 1. The Morgan fingerprint density at radius 3 is 2.15 bits per heavy atom. The van der Waals surface area contributed by atoms with E-state index in [0.717, 1.165) is 0 Å². The van der Waals surface area contributed by atoms with Gasteiger partial charge in [0.25, 0.3) is 0 Å². The van der Waals surface area contributed by atoms with Crippen LogP contribution in [-0.4, -0.2) is 22.4 Å². The molecule has 2 aliphatic carbocycles. The molecule has 2 aliphatic rings. The van der Waals surface area contributed by atoms with Crippen molar-refractivity contribution in [3.05, 3.63) is 23.0 Å². The number of carbonyl (C=O) groups excluding carboxylic acids is 2. The monoisotopic (exact) mass is 177 g/mol. The number of hydrogen-bond acceptors (Lipinski definition) is 4. The van der Waals surface area contributed by atoms with Crippen LogP contribution >= 0.6 is 0 Å². The average Bonchev–Trinajstić information content (AvgIpc) is 2.01. The van der Waals surface area contributed by atoms with E-state index in [-0.39, 0.29) is 17.1 Å². The maximum atomic E-state index is 11.4. The second-order valence-corrected chi connectivity index (χ2v) is 3.03. The lowest BCUT2D eigenvalue weighted by Crippen LogP contribution is -2.35. The van der Waals surface area contributed by atoms with Gasteiger partial charge in [-0.3, -0.25) is 15.0 Å². The maximum Gasteiger partial charge on any atom is 0.207 e. The van der Waals surface area contributed by atoms with Gasteiger partial charge in [-0.15, -0.1) is 0 Å². The van der Waals surface area contributed by atoms with Crippen molar-refractivity contribution >= 4 is 17.3 Å². The molecular formula is C9H7NO3. The third kappa shape index (κ3) is 0.824. The summed E-state index contributed by atoms with van der Waals surface area (Å²) in [6.07, 6.45) is 1.72. The van der Waals surface area contributed by atoms with Gasteiger partial charge >= 0.3 is 0 Å². The van der Waals surface area contributed by atoms with Gasteiger partial charge in [0.15, 0.2) is 5.78 Å². The lowest BCUT2D eigenvalue weighted by molar-refractivity contribution is -0.115. The van der Waals surface area contributed by atoms with Crippen molar-refractivity contribution < 1.29 is 14.7 Å². The van der Waals surface area contributed by atoms with Gasteiger partial charge < -0.3 is 5.11 Å². The highest BCUT2D eigenvalue weighted by molar-refractivity contribution is 6.60. The van der Waals surface area contributed by atoms with E-state index in [0.29, 0.717) is 30.2 Å². The Morgan fingerprint density at radius 1 is 1.15 bits per heavy atom. The highest BCUT2D eigenvalue weighted by atomic mass is 16.2. The van der Waals surface area contributed by atoms with Crippen LogP contribution in [0.2, 0.25) is 0 Å². The summed E-state index contributed by atoms with van der Waals surface area (Å²) >= 11 is 0. The number of allylic oxidation sites excluding steroid dienone is 3. The average molecular weight is 177 g/mol. The fourth-order valence-electron chi connectivity index (χ4n) is 1.55. The van der Waals surface area contributed by atoms with E-state index in [1.54, 1.807) is 0 Å². The Balaban J connectivity index is 2.59. The summed E-state index contributed by atoms with van der Waals surface area (Å²) in [4.78, 5) is 22.7. The summed E-state index contributed by atoms with van der Waals surface area (Å²) in [6, 6.07) is 0. The van der Waals surface area contributed by atoms with Gasteiger partial charge in [0, 0.05) is 11.1 Å². The van der Waals surface area contributed by atoms with Crippen LogP contribution in [0.25, 0.3) is 0 Å². The number of ketones is 2. The molecule has 4 nitrogen and oxygen atoms in total. The number of nitrogens with one attached hydrogen (secondary N) is 1. The molecule has 0 spiro atoms. The SMILES string of the molecule is N=C1C(=O)C2=C(CC2)C(=O)/C1=C/O. The summed E-state index contributed by atoms with van der Waals surface area (Å²) in [5.41, 5.74) is 0.372.